The molecule has 1 atom stereocenters. The fourth-order valence-electron chi connectivity index (χ4n) is 3.06. The lowest BCUT2D eigenvalue weighted by molar-refractivity contribution is -0.0228. The van der Waals surface area contributed by atoms with Crippen molar-refractivity contribution in [2.75, 3.05) is 19.7 Å². The van der Waals surface area contributed by atoms with Crippen LogP contribution in [-0.4, -0.2) is 40.1 Å². The Morgan fingerprint density at radius 1 is 1.24 bits per heavy atom. The number of hydrogen-bond acceptors (Lipinski definition) is 5. The van der Waals surface area contributed by atoms with Crippen molar-refractivity contribution in [2.45, 2.75) is 6.10 Å². The maximum Gasteiger partial charge on any atom is 0.419 e. The topological polar surface area (TPSA) is 77.6 Å². The lowest BCUT2D eigenvalue weighted by Gasteiger charge is -2.33. The standard InChI is InChI=1S/C18H17N3O4/c1-20-14-10-13(2-3-15(14)25-18(20)23)17(22)21-8-9-24-16(11-21)12-4-6-19-7-5-12/h2-7,10,16H,8-9,11H2,1H3/t16-/m0/s1. The number of morpholine rings is 1. The van der Waals surface area contributed by atoms with E-state index in [-0.39, 0.29) is 12.0 Å². The second kappa shape index (κ2) is 6.18. The van der Waals surface area contributed by atoms with Crippen LogP contribution in [-0.2, 0) is 11.8 Å². The van der Waals surface area contributed by atoms with Gasteiger partial charge in [0.15, 0.2) is 5.58 Å². The molecule has 0 N–H and O–H groups in total. The van der Waals surface area contributed by atoms with E-state index in [2.05, 4.69) is 4.98 Å². The summed E-state index contributed by atoms with van der Waals surface area (Å²) in [5.74, 6) is -0.526. The minimum atomic E-state index is -0.441. The molecule has 7 nitrogen and oxygen atoms in total. The molecule has 1 fully saturated rings. The molecule has 4 rings (SSSR count). The van der Waals surface area contributed by atoms with Crippen LogP contribution in [0.25, 0.3) is 11.1 Å². The number of oxazole rings is 1. The normalized spacial score (nSPS) is 17.8. The van der Waals surface area contributed by atoms with Gasteiger partial charge in [0.05, 0.1) is 18.7 Å². The minimum absolute atomic E-state index is 0.0853. The van der Waals surface area contributed by atoms with E-state index < -0.39 is 5.76 Å². The predicted octanol–water partition coefficient (Wildman–Crippen LogP) is 1.74. The highest BCUT2D eigenvalue weighted by atomic mass is 16.5. The third-order valence-corrected chi connectivity index (χ3v) is 4.47. The summed E-state index contributed by atoms with van der Waals surface area (Å²) in [4.78, 5) is 30.3. The van der Waals surface area contributed by atoms with E-state index in [0.29, 0.717) is 36.4 Å². The number of fused-ring (bicyclic) bond motifs is 1. The van der Waals surface area contributed by atoms with Gasteiger partial charge in [-0.3, -0.25) is 14.3 Å². The first-order chi connectivity index (χ1) is 12.1. The summed E-state index contributed by atoms with van der Waals surface area (Å²) in [7, 11) is 1.62. The molecule has 0 aliphatic carbocycles. The zero-order valence-corrected chi connectivity index (χ0v) is 13.7. The first kappa shape index (κ1) is 15.6. The molecule has 3 aromatic rings. The van der Waals surface area contributed by atoms with Crippen LogP contribution in [0.1, 0.15) is 22.0 Å². The lowest BCUT2D eigenvalue weighted by Crippen LogP contribution is -2.42. The van der Waals surface area contributed by atoms with Crippen LogP contribution < -0.4 is 5.76 Å². The molecule has 0 spiro atoms. The largest absolute Gasteiger partial charge is 0.419 e. The zero-order chi connectivity index (χ0) is 17.4. The van der Waals surface area contributed by atoms with Gasteiger partial charge >= 0.3 is 5.76 Å². The molecule has 0 saturated carbocycles. The number of pyridine rings is 1. The van der Waals surface area contributed by atoms with Crippen LogP contribution >= 0.6 is 0 Å². The van der Waals surface area contributed by atoms with Crippen molar-refractivity contribution < 1.29 is 13.9 Å². The van der Waals surface area contributed by atoms with E-state index in [4.69, 9.17) is 9.15 Å². The van der Waals surface area contributed by atoms with Crippen molar-refractivity contribution in [3.05, 3.63) is 64.4 Å². The number of benzene rings is 1. The van der Waals surface area contributed by atoms with Gasteiger partial charge < -0.3 is 14.1 Å². The van der Waals surface area contributed by atoms with Gasteiger partial charge in [-0.05, 0) is 35.9 Å². The highest BCUT2D eigenvalue weighted by Crippen LogP contribution is 2.23. The summed E-state index contributed by atoms with van der Waals surface area (Å²) >= 11 is 0. The van der Waals surface area contributed by atoms with Crippen molar-refractivity contribution in [1.82, 2.24) is 14.5 Å². The number of amides is 1. The molecule has 1 aliphatic rings. The Hall–Kier alpha value is -2.93. The third kappa shape index (κ3) is 2.83. The van der Waals surface area contributed by atoms with Crippen LogP contribution in [0, 0.1) is 0 Å². The van der Waals surface area contributed by atoms with Gasteiger partial charge in [0.1, 0.15) is 6.10 Å². The summed E-state index contributed by atoms with van der Waals surface area (Å²) in [6, 6.07) is 8.83. The fraction of sp³-hybridized carbons (Fsp3) is 0.278. The second-order valence-electron chi connectivity index (χ2n) is 6.00. The first-order valence-corrected chi connectivity index (χ1v) is 8.04. The summed E-state index contributed by atoms with van der Waals surface area (Å²) in [5, 5.41) is 0. The highest BCUT2D eigenvalue weighted by Gasteiger charge is 2.26. The predicted molar refractivity (Wildman–Crippen MR) is 90.3 cm³/mol. The van der Waals surface area contributed by atoms with E-state index in [0.717, 1.165) is 5.56 Å². The van der Waals surface area contributed by atoms with Crippen molar-refractivity contribution in [3.63, 3.8) is 0 Å². The molecule has 1 amide bonds. The van der Waals surface area contributed by atoms with E-state index in [1.165, 1.54) is 4.57 Å². The van der Waals surface area contributed by atoms with Crippen molar-refractivity contribution in [3.8, 4) is 0 Å². The summed E-state index contributed by atoms with van der Waals surface area (Å²) < 4.78 is 12.3. The number of carbonyl (C=O) groups excluding carboxylic acids is 1. The average Bonchev–Trinajstić information content (AvgIpc) is 2.95. The molecular weight excluding hydrogens is 322 g/mol. The van der Waals surface area contributed by atoms with E-state index in [9.17, 15) is 9.59 Å². The first-order valence-electron chi connectivity index (χ1n) is 8.04. The summed E-state index contributed by atoms with van der Waals surface area (Å²) in [5.41, 5.74) is 2.61. The number of nitrogens with zero attached hydrogens (tertiary/aromatic N) is 3. The van der Waals surface area contributed by atoms with Gasteiger partial charge in [-0.1, -0.05) is 0 Å². The Balaban J connectivity index is 1.60. The van der Waals surface area contributed by atoms with Gasteiger partial charge in [0.2, 0.25) is 0 Å². The van der Waals surface area contributed by atoms with E-state index in [1.807, 2.05) is 12.1 Å². The molecule has 2 aromatic heterocycles. The Morgan fingerprint density at radius 2 is 2.04 bits per heavy atom. The molecule has 1 aliphatic heterocycles. The average molecular weight is 339 g/mol. The number of carbonyl (C=O) groups is 1. The van der Waals surface area contributed by atoms with E-state index in [1.54, 1.807) is 42.5 Å². The van der Waals surface area contributed by atoms with Gasteiger partial charge in [0, 0.05) is 31.5 Å². The molecule has 0 bridgehead atoms. The van der Waals surface area contributed by atoms with Crippen LogP contribution in [0.15, 0.2) is 51.9 Å². The van der Waals surface area contributed by atoms with E-state index >= 15 is 0 Å². The quantitative estimate of drug-likeness (QED) is 0.711. The van der Waals surface area contributed by atoms with Crippen LogP contribution in [0.2, 0.25) is 0 Å². The highest BCUT2D eigenvalue weighted by molar-refractivity contribution is 5.97. The molecular formula is C18H17N3O4. The molecule has 25 heavy (non-hydrogen) atoms. The Labute approximate surface area is 143 Å². The smallest absolute Gasteiger partial charge is 0.408 e. The number of rotatable bonds is 2. The van der Waals surface area contributed by atoms with Gasteiger partial charge in [-0.25, -0.2) is 4.79 Å². The maximum absolute atomic E-state index is 12.9. The minimum Gasteiger partial charge on any atom is -0.408 e. The second-order valence-corrected chi connectivity index (χ2v) is 6.00. The monoisotopic (exact) mass is 339 g/mol. The Kier molecular flexibility index (Phi) is 3.85. The van der Waals surface area contributed by atoms with Crippen molar-refractivity contribution >= 4 is 17.0 Å². The summed E-state index contributed by atoms with van der Waals surface area (Å²) in [6.45, 7) is 1.49. The molecule has 0 radical (unpaired) electrons. The van der Waals surface area contributed by atoms with Crippen LogP contribution in [0.5, 0.6) is 0 Å². The van der Waals surface area contributed by atoms with Crippen molar-refractivity contribution in [2.24, 2.45) is 7.05 Å². The van der Waals surface area contributed by atoms with Crippen LogP contribution in [0.4, 0.5) is 0 Å². The Morgan fingerprint density at radius 3 is 2.84 bits per heavy atom. The number of aryl methyl sites for hydroxylation is 1. The lowest BCUT2D eigenvalue weighted by atomic mass is 10.1. The number of ether oxygens (including phenoxy) is 1. The number of hydrogen-bond donors (Lipinski definition) is 0. The fourth-order valence-corrected chi connectivity index (χ4v) is 3.06. The van der Waals surface area contributed by atoms with Gasteiger partial charge in [0.25, 0.3) is 5.91 Å². The molecule has 3 heterocycles. The maximum atomic E-state index is 12.9. The molecule has 7 heteroatoms. The Bertz CT molecular complexity index is 977. The van der Waals surface area contributed by atoms with Gasteiger partial charge in [-0.2, -0.15) is 0 Å². The third-order valence-electron chi connectivity index (χ3n) is 4.47. The van der Waals surface area contributed by atoms with Crippen molar-refractivity contribution in [1.29, 1.82) is 0 Å². The van der Waals surface area contributed by atoms with Crippen LogP contribution in [0.3, 0.4) is 0 Å². The molecule has 0 unspecified atom stereocenters. The zero-order valence-electron chi connectivity index (χ0n) is 13.7. The SMILES string of the molecule is Cn1c(=O)oc2ccc(C(=O)N3CCO[C@H](c4ccncc4)C3)cc21. The number of aromatic nitrogens is 2. The molecule has 1 saturated heterocycles. The molecule has 1 aromatic carbocycles. The summed E-state index contributed by atoms with van der Waals surface area (Å²) in [6.07, 6.45) is 3.27. The van der Waals surface area contributed by atoms with Gasteiger partial charge in [-0.15, -0.1) is 0 Å². The molecule has 128 valence electrons.